The molecule has 0 radical (unpaired) electrons. The van der Waals surface area contributed by atoms with Gasteiger partial charge >= 0.3 is 0 Å². The molecule has 1 saturated heterocycles. The lowest BCUT2D eigenvalue weighted by Gasteiger charge is -2.37. The Morgan fingerprint density at radius 2 is 1.70 bits per heavy atom. The number of fused-ring (bicyclic) bond motifs is 3. The summed E-state index contributed by atoms with van der Waals surface area (Å²) in [5.74, 6) is -0.550. The van der Waals surface area contributed by atoms with Crippen LogP contribution in [0.2, 0.25) is 0 Å². The molecule has 2 aliphatic heterocycles. The van der Waals surface area contributed by atoms with Crippen molar-refractivity contribution in [1.29, 1.82) is 10.5 Å². The highest BCUT2D eigenvalue weighted by Gasteiger charge is 2.64. The average Bonchev–Trinajstić information content (AvgIpc) is 3.04. The maximum Gasteiger partial charge on any atom is 0.176 e. The zero-order chi connectivity index (χ0) is 21.7. The molecule has 2 heterocycles. The molecule has 3 atom stereocenters. The number of carbonyl (C=O) groups excluding carboxylic acids is 1. The van der Waals surface area contributed by atoms with Gasteiger partial charge in [0.05, 0.1) is 24.2 Å². The summed E-state index contributed by atoms with van der Waals surface area (Å²) in [4.78, 5) is 15.8. The molecule has 4 rings (SSSR count). The van der Waals surface area contributed by atoms with E-state index in [4.69, 9.17) is 0 Å². The number of rotatable bonds is 2. The van der Waals surface area contributed by atoms with Crippen molar-refractivity contribution in [2.75, 3.05) is 4.90 Å². The van der Waals surface area contributed by atoms with Crippen molar-refractivity contribution in [2.45, 2.75) is 38.8 Å². The lowest BCUT2D eigenvalue weighted by Crippen LogP contribution is -2.47. The van der Waals surface area contributed by atoms with Crippen LogP contribution in [0.15, 0.2) is 59.1 Å². The highest BCUT2D eigenvalue weighted by molar-refractivity contribution is 9.10. The molecule has 4 nitrogen and oxygen atoms in total. The van der Waals surface area contributed by atoms with Gasteiger partial charge in [0.15, 0.2) is 11.2 Å². The van der Waals surface area contributed by atoms with Crippen molar-refractivity contribution >= 4 is 33.5 Å². The first-order valence-corrected chi connectivity index (χ1v) is 10.7. The molecule has 0 saturated carbocycles. The Labute approximate surface area is 185 Å². The second kappa shape index (κ2) is 7.11. The molecule has 1 fully saturated rings. The van der Waals surface area contributed by atoms with Gasteiger partial charge in [-0.2, -0.15) is 10.5 Å². The van der Waals surface area contributed by atoms with Crippen molar-refractivity contribution in [2.24, 2.45) is 10.8 Å². The molecule has 0 N–H and O–H groups in total. The molecule has 2 aromatic carbocycles. The van der Waals surface area contributed by atoms with Crippen molar-refractivity contribution in [3.8, 4) is 12.1 Å². The summed E-state index contributed by atoms with van der Waals surface area (Å²) in [6.07, 6.45) is 3.87. The summed E-state index contributed by atoms with van der Waals surface area (Å²) >= 11 is 3.46. The lowest BCUT2D eigenvalue weighted by molar-refractivity contribution is -0.127. The molecule has 0 spiro atoms. The molecule has 2 aliphatic rings. The third kappa shape index (κ3) is 2.89. The van der Waals surface area contributed by atoms with Gasteiger partial charge in [-0.05, 0) is 29.3 Å². The standard InChI is InChI=1S/C25H22BrN3O/c1-24(2,3)23(30)22-21(17-8-11-18(26)12-9-17)25(14-27,15-28)20-13-10-16-6-4-5-7-19(16)29(20)22/h4-13,20-22H,1-3H3/t20-,21-,22-/m0/s1. The molecule has 0 unspecified atom stereocenters. The summed E-state index contributed by atoms with van der Waals surface area (Å²) in [7, 11) is 0. The molecule has 0 aliphatic carbocycles. The van der Waals surface area contributed by atoms with E-state index in [1.165, 1.54) is 0 Å². The average molecular weight is 460 g/mol. The van der Waals surface area contributed by atoms with Crippen LogP contribution in [-0.4, -0.2) is 17.9 Å². The Bertz CT molecular complexity index is 1100. The number of para-hydroxylation sites is 1. The molecule has 5 heteroatoms. The number of ketones is 1. The topological polar surface area (TPSA) is 67.9 Å². The summed E-state index contributed by atoms with van der Waals surface area (Å²) in [5.41, 5.74) is 0.691. The Kier molecular flexibility index (Phi) is 4.83. The Morgan fingerprint density at radius 1 is 1.07 bits per heavy atom. The van der Waals surface area contributed by atoms with Crippen molar-refractivity contribution < 1.29 is 4.79 Å². The zero-order valence-electron chi connectivity index (χ0n) is 17.1. The van der Waals surface area contributed by atoms with Crippen LogP contribution in [-0.2, 0) is 4.79 Å². The first-order chi connectivity index (χ1) is 14.2. The van der Waals surface area contributed by atoms with E-state index in [2.05, 4.69) is 28.1 Å². The second-order valence-electron chi connectivity index (χ2n) is 8.95. The number of nitrogens with zero attached hydrogens (tertiary/aromatic N) is 3. The number of Topliss-reactive ketones (excluding diaryl/α,β-unsaturated/α-hetero) is 1. The van der Waals surface area contributed by atoms with Gasteiger partial charge in [0.2, 0.25) is 0 Å². The Hall–Kier alpha value is -2.89. The predicted octanol–water partition coefficient (Wildman–Crippen LogP) is 5.47. The maximum absolute atomic E-state index is 13.8. The molecular weight excluding hydrogens is 438 g/mol. The van der Waals surface area contributed by atoms with Gasteiger partial charge in [-0.3, -0.25) is 4.79 Å². The molecule has 0 aromatic heterocycles. The van der Waals surface area contributed by atoms with E-state index in [0.717, 1.165) is 21.3 Å². The summed E-state index contributed by atoms with van der Waals surface area (Å²) in [5, 5.41) is 20.7. The Morgan fingerprint density at radius 3 is 2.30 bits per heavy atom. The molecule has 150 valence electrons. The molecule has 2 aromatic rings. The smallest absolute Gasteiger partial charge is 0.176 e. The van der Waals surface area contributed by atoms with E-state index in [1.54, 1.807) is 0 Å². The molecule has 0 amide bonds. The minimum absolute atomic E-state index is 0.0258. The number of hydrogen-bond donors (Lipinski definition) is 0. The van der Waals surface area contributed by atoms with Gasteiger partial charge in [0.25, 0.3) is 0 Å². The highest BCUT2D eigenvalue weighted by atomic mass is 79.9. The van der Waals surface area contributed by atoms with Crippen LogP contribution in [0, 0.1) is 33.5 Å². The third-order valence-corrected chi connectivity index (χ3v) is 6.68. The van der Waals surface area contributed by atoms with Gasteiger partial charge in [0, 0.05) is 21.5 Å². The fourth-order valence-corrected chi connectivity index (χ4v) is 4.99. The monoisotopic (exact) mass is 459 g/mol. The van der Waals surface area contributed by atoms with Crippen LogP contribution in [0.1, 0.15) is 37.8 Å². The molecular formula is C25H22BrN3O. The van der Waals surface area contributed by atoms with E-state index in [0.29, 0.717) is 0 Å². The fourth-order valence-electron chi connectivity index (χ4n) is 4.72. The van der Waals surface area contributed by atoms with Gasteiger partial charge in [-0.15, -0.1) is 0 Å². The van der Waals surface area contributed by atoms with E-state index in [9.17, 15) is 15.3 Å². The van der Waals surface area contributed by atoms with E-state index >= 15 is 0 Å². The Balaban J connectivity index is 2.02. The third-order valence-electron chi connectivity index (χ3n) is 6.15. The molecule has 30 heavy (non-hydrogen) atoms. The lowest BCUT2D eigenvalue weighted by atomic mass is 9.68. The number of halogens is 1. The number of carbonyl (C=O) groups is 1. The van der Waals surface area contributed by atoms with Crippen LogP contribution in [0.25, 0.3) is 6.08 Å². The van der Waals surface area contributed by atoms with Crippen molar-refractivity contribution in [1.82, 2.24) is 0 Å². The first kappa shape index (κ1) is 20.4. The van der Waals surface area contributed by atoms with Crippen LogP contribution in [0.4, 0.5) is 5.69 Å². The van der Waals surface area contributed by atoms with Crippen LogP contribution in [0.3, 0.4) is 0 Å². The molecule has 0 bridgehead atoms. The maximum atomic E-state index is 13.8. The van der Waals surface area contributed by atoms with Gasteiger partial charge in [0.1, 0.15) is 0 Å². The van der Waals surface area contributed by atoms with Gasteiger partial charge in [-0.25, -0.2) is 0 Å². The number of anilines is 1. The first-order valence-electron chi connectivity index (χ1n) is 9.92. The number of benzene rings is 2. The van der Waals surface area contributed by atoms with E-state index < -0.39 is 28.8 Å². The fraction of sp³-hybridized carbons (Fsp3) is 0.320. The highest BCUT2D eigenvalue weighted by Crippen LogP contribution is 2.56. The van der Waals surface area contributed by atoms with E-state index in [1.807, 2.05) is 86.4 Å². The minimum Gasteiger partial charge on any atom is -0.351 e. The minimum atomic E-state index is -1.39. The van der Waals surface area contributed by atoms with Crippen molar-refractivity contribution in [3.05, 3.63) is 70.2 Å². The van der Waals surface area contributed by atoms with Crippen LogP contribution in [0.5, 0.6) is 0 Å². The summed E-state index contributed by atoms with van der Waals surface area (Å²) in [6.45, 7) is 5.69. The normalized spacial score (nSPS) is 23.8. The van der Waals surface area contributed by atoms with E-state index in [-0.39, 0.29) is 5.78 Å². The van der Waals surface area contributed by atoms with Crippen molar-refractivity contribution in [3.63, 3.8) is 0 Å². The number of nitriles is 2. The SMILES string of the molecule is CC(C)(C)C(=O)[C@@H]1[C@H](c2ccc(Br)cc2)C(C#N)(C#N)[C@@H]2C=Cc3ccccc3N12. The van der Waals surface area contributed by atoms with Crippen LogP contribution >= 0.6 is 15.9 Å². The second-order valence-corrected chi connectivity index (χ2v) is 9.87. The van der Waals surface area contributed by atoms with Crippen LogP contribution < -0.4 is 4.90 Å². The summed E-state index contributed by atoms with van der Waals surface area (Å²) < 4.78 is 0.908. The summed E-state index contributed by atoms with van der Waals surface area (Å²) in [6, 6.07) is 19.0. The zero-order valence-corrected chi connectivity index (χ0v) is 18.7. The van der Waals surface area contributed by atoms with Gasteiger partial charge < -0.3 is 4.90 Å². The largest absolute Gasteiger partial charge is 0.351 e. The number of hydrogen-bond acceptors (Lipinski definition) is 4. The predicted molar refractivity (Wildman–Crippen MR) is 121 cm³/mol. The van der Waals surface area contributed by atoms with Gasteiger partial charge in [-0.1, -0.05) is 79.2 Å². The quantitative estimate of drug-likeness (QED) is 0.597.